The predicted octanol–water partition coefficient (Wildman–Crippen LogP) is -4.91. The number of aliphatic hydroxyl groups excluding tert-OH is 1. The molecule has 45 heteroatoms. The van der Waals surface area contributed by atoms with Gasteiger partial charge in [-0.2, -0.15) is 12.6 Å². The van der Waals surface area contributed by atoms with Gasteiger partial charge in [0.25, 0.3) is 0 Å². The highest BCUT2D eigenvalue weighted by molar-refractivity contribution is 7.80. The fourth-order valence-electron chi connectivity index (χ4n) is 12.0. The lowest BCUT2D eigenvalue weighted by Gasteiger charge is -2.30. The van der Waals surface area contributed by atoms with Gasteiger partial charge >= 0.3 is 35.8 Å². The molecule has 0 aliphatic carbocycles. The maximum atomic E-state index is 15.1. The Morgan fingerprint density at radius 3 is 1.03 bits per heavy atom. The lowest BCUT2D eigenvalue weighted by atomic mass is 9.96. The number of primary amides is 1. The van der Waals surface area contributed by atoms with E-state index in [1.165, 1.54) is 45.0 Å². The first-order chi connectivity index (χ1) is 58.4. The van der Waals surface area contributed by atoms with Gasteiger partial charge in [-0.1, -0.05) is 107 Å². The van der Waals surface area contributed by atoms with Crippen LogP contribution in [0.4, 0.5) is 0 Å². The summed E-state index contributed by atoms with van der Waals surface area (Å²) in [5.74, 6) is -28.3. The first-order valence-corrected chi connectivity index (χ1v) is 40.2. The van der Waals surface area contributed by atoms with Crippen molar-refractivity contribution in [2.24, 2.45) is 29.0 Å². The van der Waals surface area contributed by atoms with Gasteiger partial charge in [0.2, 0.25) is 82.7 Å². The van der Waals surface area contributed by atoms with Gasteiger partial charge < -0.3 is 127 Å². The number of aliphatic carboxylic acids is 6. The Labute approximate surface area is 717 Å². The molecule has 0 saturated heterocycles. The van der Waals surface area contributed by atoms with E-state index in [0.717, 1.165) is 0 Å². The van der Waals surface area contributed by atoms with Crippen molar-refractivity contribution in [1.29, 1.82) is 0 Å². The average molecular weight is 1770 g/mol. The van der Waals surface area contributed by atoms with E-state index in [2.05, 4.69) is 71.1 Å². The van der Waals surface area contributed by atoms with E-state index in [1.807, 2.05) is 5.32 Å². The molecule has 124 heavy (non-hydrogen) atoms. The molecule has 682 valence electrons. The van der Waals surface area contributed by atoms with Crippen LogP contribution in [0.3, 0.4) is 0 Å². The zero-order valence-corrected chi connectivity index (χ0v) is 69.6. The summed E-state index contributed by atoms with van der Waals surface area (Å²) in [4.78, 5) is 269. The van der Waals surface area contributed by atoms with Gasteiger partial charge in [-0.05, 0) is 99.1 Å². The first-order valence-electron chi connectivity index (χ1n) is 39.5. The monoisotopic (exact) mass is 1760 g/mol. The zero-order valence-electron chi connectivity index (χ0n) is 68.8. The molecule has 0 bridgehead atoms. The number of carboxylic acids is 6. The Bertz CT molecular complexity index is 4210. The van der Waals surface area contributed by atoms with Crippen LogP contribution in [0.1, 0.15) is 141 Å². The summed E-state index contributed by atoms with van der Waals surface area (Å²) in [6.45, 7) is 7.52. The molecule has 0 saturated carbocycles. The van der Waals surface area contributed by atoms with Crippen molar-refractivity contribution >= 4 is 131 Å². The van der Waals surface area contributed by atoms with Crippen molar-refractivity contribution in [2.75, 3.05) is 12.3 Å². The molecule has 14 amide bonds. The van der Waals surface area contributed by atoms with Crippen LogP contribution in [-0.4, -0.2) is 262 Å². The molecule has 27 N–H and O–H groups in total. The number of carbonyl (C=O) groups is 20. The number of benzene rings is 3. The number of phenols is 1. The third-order valence-electron chi connectivity index (χ3n) is 19.3. The molecular formula is C79H112N16O28S. The summed E-state index contributed by atoms with van der Waals surface area (Å²) in [5, 5.41) is 108. The molecule has 44 nitrogen and oxygen atoms in total. The van der Waals surface area contributed by atoms with Crippen molar-refractivity contribution in [3.63, 3.8) is 0 Å². The smallest absolute Gasteiger partial charge is 0.326 e. The van der Waals surface area contributed by atoms with Crippen LogP contribution in [0.2, 0.25) is 0 Å². The Kier molecular flexibility index (Phi) is 45.7. The number of rotatable bonds is 58. The summed E-state index contributed by atoms with van der Waals surface area (Å²) in [6.07, 6.45) is -10.7. The molecule has 3 aromatic rings. The third-order valence-corrected chi connectivity index (χ3v) is 19.6. The van der Waals surface area contributed by atoms with Crippen molar-refractivity contribution in [3.05, 3.63) is 102 Å². The van der Waals surface area contributed by atoms with Crippen molar-refractivity contribution in [1.82, 2.24) is 69.1 Å². The number of amides is 14. The molecule has 0 radical (unpaired) electrons. The number of carbonyl (C=O) groups excluding carboxylic acids is 14. The highest BCUT2D eigenvalue weighted by Crippen LogP contribution is 2.18. The van der Waals surface area contributed by atoms with Gasteiger partial charge in [0.1, 0.15) is 90.3 Å². The average Bonchev–Trinajstić information content (AvgIpc) is 0.850. The minimum atomic E-state index is -2.21. The lowest BCUT2D eigenvalue weighted by molar-refractivity contribution is -0.148. The maximum Gasteiger partial charge on any atom is 0.326 e. The van der Waals surface area contributed by atoms with E-state index in [-0.39, 0.29) is 57.2 Å². The number of aromatic hydroxyl groups is 1. The molecule has 0 spiro atoms. The Hall–Kier alpha value is -12.9. The second-order valence-electron chi connectivity index (χ2n) is 29.6. The third kappa shape index (κ3) is 38.4. The van der Waals surface area contributed by atoms with Crippen LogP contribution in [0.5, 0.6) is 5.75 Å². The summed E-state index contributed by atoms with van der Waals surface area (Å²) < 4.78 is 0. The van der Waals surface area contributed by atoms with Crippen molar-refractivity contribution < 1.29 is 137 Å². The van der Waals surface area contributed by atoms with E-state index >= 15 is 4.79 Å². The molecule has 3 aromatic carbocycles. The number of aliphatic hydroxyl groups is 1. The molecule has 3 rings (SSSR count). The molecule has 0 heterocycles. The van der Waals surface area contributed by atoms with E-state index in [1.54, 1.807) is 79.8 Å². The van der Waals surface area contributed by atoms with E-state index in [0.29, 0.717) is 16.7 Å². The van der Waals surface area contributed by atoms with E-state index in [4.69, 9.17) is 22.3 Å². The minimum Gasteiger partial charge on any atom is -0.508 e. The number of phenolic OH excluding ortho intramolecular Hbond substituents is 1. The Balaban J connectivity index is 2.05. The van der Waals surface area contributed by atoms with Crippen molar-refractivity contribution in [2.45, 2.75) is 234 Å². The lowest BCUT2D eigenvalue weighted by Crippen LogP contribution is -2.62. The van der Waals surface area contributed by atoms with Gasteiger partial charge in [0, 0.05) is 50.7 Å². The summed E-state index contributed by atoms with van der Waals surface area (Å²) in [5.41, 5.74) is 18.4. The number of hydrogen-bond donors (Lipinski definition) is 25. The summed E-state index contributed by atoms with van der Waals surface area (Å²) >= 11 is 4.27. The van der Waals surface area contributed by atoms with Crippen molar-refractivity contribution in [3.8, 4) is 5.75 Å². The summed E-state index contributed by atoms with van der Waals surface area (Å²) in [7, 11) is 0. The minimum absolute atomic E-state index is 0.0127. The summed E-state index contributed by atoms with van der Waals surface area (Å²) in [6, 6.07) is -3.27. The second-order valence-corrected chi connectivity index (χ2v) is 30.0. The number of carboxylic acid groups (broad SMARTS) is 6. The first kappa shape index (κ1) is 105. The van der Waals surface area contributed by atoms with Gasteiger partial charge in [-0.15, -0.1) is 0 Å². The maximum absolute atomic E-state index is 15.1. The molecular weight excluding hydrogens is 1650 g/mol. The fraction of sp³-hybridized carbons (Fsp3) is 0.519. The Morgan fingerprint density at radius 1 is 0.355 bits per heavy atom. The highest BCUT2D eigenvalue weighted by Gasteiger charge is 2.40. The van der Waals surface area contributed by atoms with Gasteiger partial charge in [0.15, 0.2) is 0 Å². The van der Waals surface area contributed by atoms with Gasteiger partial charge in [0.05, 0.1) is 18.9 Å². The van der Waals surface area contributed by atoms with Crippen LogP contribution in [0.25, 0.3) is 0 Å². The topological polar surface area (TPSA) is 738 Å². The van der Waals surface area contributed by atoms with E-state index < -0.39 is 291 Å². The van der Waals surface area contributed by atoms with Gasteiger partial charge in [-0.25, -0.2) is 4.79 Å². The van der Waals surface area contributed by atoms with Crippen LogP contribution in [-0.2, 0) is 115 Å². The number of thiol groups is 1. The predicted molar refractivity (Wildman–Crippen MR) is 439 cm³/mol. The van der Waals surface area contributed by atoms with Crippen LogP contribution in [0.15, 0.2) is 84.9 Å². The molecule has 0 fully saturated rings. The van der Waals surface area contributed by atoms with Gasteiger partial charge in [-0.3, -0.25) is 91.1 Å². The number of nitrogens with one attached hydrogen (secondary N) is 13. The van der Waals surface area contributed by atoms with Crippen LogP contribution >= 0.6 is 12.6 Å². The largest absolute Gasteiger partial charge is 0.508 e. The highest BCUT2D eigenvalue weighted by atomic mass is 32.1. The van der Waals surface area contributed by atoms with Crippen LogP contribution in [0, 0.1) is 11.8 Å². The molecule has 0 aliphatic heterocycles. The number of unbranched alkanes of at least 4 members (excludes halogenated alkanes) is 1. The fourth-order valence-corrected chi connectivity index (χ4v) is 12.3. The quantitative estimate of drug-likeness (QED) is 0.0186. The normalized spacial score (nSPS) is 14.9. The molecule has 16 atom stereocenters. The zero-order chi connectivity index (χ0) is 93.2. The SMILES string of the molecule is CC[C@H](C)[C@H](NC(=O)[C@H](Cc1ccc(O)cc1)NC(=O)[C@@H](N)[C@@H](C)O)C(=O)N[C@@H](CS)C(=O)N[C@@H](CCC(=O)O)C(=O)N[C@H](C(=O)N[C@@H](Cc1ccccc1)C(=O)N[C@@H](Cc1ccccc1)C(=O)N[C@@H](CCC(N)=O)C(=O)N[C@@H](CCCCN)C(=O)N[C@@H](CCC(=O)O)C(=O)N[C@@H](CCC(=O)O)C(=O)N[C@@H](CC(=O)O)C(=O)N[C@@H](CC(=O)O)C(=O)O)C(C)C. The molecule has 0 aliphatic rings. The Morgan fingerprint density at radius 2 is 0.661 bits per heavy atom. The number of nitrogens with two attached hydrogens (primary N) is 3. The van der Waals surface area contributed by atoms with Crippen LogP contribution < -0.4 is 86.3 Å². The second kappa shape index (κ2) is 53.8. The van der Waals surface area contributed by atoms with E-state index in [9.17, 15) is 127 Å². The molecule has 0 unspecified atom stereocenters. The number of hydrogen-bond acceptors (Lipinski definition) is 25. The standard InChI is InChI=1S/C79H112N16O28S/c1-6-40(4)65(95-74(117)53(90-76(119)63(82)41(5)96)35-44-20-22-45(97)23-21-44)78(121)93-56(38-124)75(118)87-50(27-31-60(103)104)70(113)94-64(39(2)3)77(120)91-52(34-43-17-11-8-12-18-43)72(115)88-51(33-42-15-9-7-10-16-42)71(114)86-47(24-28-57(81)98)67(110)83-46(19-13-14-32-80)66(109)84-48(25-29-58(99)100)68(111)85-49(26-30-59(101)102)69(112)89-54(36-61(105)106)73(116)92-55(79(122)123)37-62(107)108/h7-12,15-18,20-23,39-41,46-56,63-65,96-97,124H,6,13-14,19,24-38,80,82H2,1-5H3,(H2,81,98)(H,83,110)(H,84,109)(H,85,111)(H,86,114)(H,87,118)(H,88,115)(H,89,112)(H,90,119)(H,91,120)(H,92,116)(H,93,121)(H,94,113)(H,95,117)(H,99,100)(H,101,102)(H,103,104)(H,105,106)(H,107,108)(H,122,123)/t40-,41+,46-,47-,48-,49-,50-,51-,52-,53-,54-,55-,56-,63-,64-,65-/m0/s1. The molecule has 0 aromatic heterocycles.